The van der Waals surface area contributed by atoms with Crippen LogP contribution < -0.4 is 10.5 Å². The van der Waals surface area contributed by atoms with Crippen LogP contribution in [0.5, 0.6) is 5.75 Å². The number of methoxy groups -OCH3 is 1. The molecule has 106 valence electrons. The molecule has 0 radical (unpaired) electrons. The van der Waals surface area contributed by atoms with Crippen LogP contribution in [0.15, 0.2) is 18.2 Å². The van der Waals surface area contributed by atoms with Crippen LogP contribution in [0.1, 0.15) is 12.2 Å². The van der Waals surface area contributed by atoms with Crippen LogP contribution >= 0.6 is 0 Å². The number of hydrogen-bond acceptors (Lipinski definition) is 7. The Kier molecular flexibility index (Phi) is 4.20. The molecule has 0 amide bonds. The van der Waals surface area contributed by atoms with Crippen LogP contribution in [0.25, 0.3) is 5.69 Å². The van der Waals surface area contributed by atoms with E-state index in [2.05, 4.69) is 15.5 Å². The standard InChI is InChI=1S/C11H14N6O3/c1-20-10-5-4-8(7-9(10)17(18)19)16-11(3-2-6-12)13-14-15-16/h4-5,7H,2-3,6,12H2,1H3. The molecule has 0 saturated carbocycles. The van der Waals surface area contributed by atoms with Gasteiger partial charge >= 0.3 is 5.69 Å². The van der Waals surface area contributed by atoms with Crippen molar-refractivity contribution in [2.24, 2.45) is 5.73 Å². The van der Waals surface area contributed by atoms with Crippen LogP contribution in [0.4, 0.5) is 5.69 Å². The van der Waals surface area contributed by atoms with Gasteiger partial charge in [0.05, 0.1) is 17.7 Å². The summed E-state index contributed by atoms with van der Waals surface area (Å²) in [6, 6.07) is 4.55. The molecule has 1 aromatic heterocycles. The van der Waals surface area contributed by atoms with Crippen LogP contribution in [0.2, 0.25) is 0 Å². The van der Waals surface area contributed by atoms with E-state index in [9.17, 15) is 10.1 Å². The molecule has 2 aromatic rings. The summed E-state index contributed by atoms with van der Waals surface area (Å²) < 4.78 is 6.42. The monoisotopic (exact) mass is 278 g/mol. The largest absolute Gasteiger partial charge is 0.490 e. The van der Waals surface area contributed by atoms with Gasteiger partial charge in [-0.3, -0.25) is 10.1 Å². The van der Waals surface area contributed by atoms with E-state index in [-0.39, 0.29) is 11.4 Å². The topological polar surface area (TPSA) is 122 Å². The predicted octanol–water partition coefficient (Wildman–Crippen LogP) is 0.470. The highest BCUT2D eigenvalue weighted by molar-refractivity contribution is 5.53. The van der Waals surface area contributed by atoms with E-state index in [0.717, 1.165) is 6.42 Å². The molecule has 1 heterocycles. The fourth-order valence-corrected chi connectivity index (χ4v) is 1.78. The zero-order chi connectivity index (χ0) is 14.5. The summed E-state index contributed by atoms with van der Waals surface area (Å²) in [5, 5.41) is 22.3. The third-order valence-corrected chi connectivity index (χ3v) is 2.74. The van der Waals surface area contributed by atoms with Crippen LogP contribution in [0, 0.1) is 10.1 Å². The second kappa shape index (κ2) is 6.06. The number of tetrazole rings is 1. The number of nitro groups is 1. The lowest BCUT2D eigenvalue weighted by Crippen LogP contribution is -2.07. The molecule has 20 heavy (non-hydrogen) atoms. The number of rotatable bonds is 6. The number of ether oxygens (including phenoxy) is 1. The molecule has 1 aromatic carbocycles. The van der Waals surface area contributed by atoms with Gasteiger partial charge in [-0.1, -0.05) is 0 Å². The van der Waals surface area contributed by atoms with Crippen molar-refractivity contribution >= 4 is 5.69 Å². The summed E-state index contributed by atoms with van der Waals surface area (Å²) >= 11 is 0. The van der Waals surface area contributed by atoms with Crippen molar-refractivity contribution < 1.29 is 9.66 Å². The van der Waals surface area contributed by atoms with E-state index in [1.165, 1.54) is 23.9 Å². The van der Waals surface area contributed by atoms with Gasteiger partial charge in [0.15, 0.2) is 11.6 Å². The first-order valence-corrected chi connectivity index (χ1v) is 5.97. The Balaban J connectivity index is 2.40. The summed E-state index contributed by atoms with van der Waals surface area (Å²) in [7, 11) is 1.38. The minimum Gasteiger partial charge on any atom is -0.490 e. The van der Waals surface area contributed by atoms with Gasteiger partial charge < -0.3 is 10.5 Å². The van der Waals surface area contributed by atoms with E-state index in [4.69, 9.17) is 10.5 Å². The molecule has 2 N–H and O–H groups in total. The van der Waals surface area contributed by atoms with Gasteiger partial charge in [0.1, 0.15) is 0 Å². The van der Waals surface area contributed by atoms with Gasteiger partial charge in [0.2, 0.25) is 0 Å². The zero-order valence-corrected chi connectivity index (χ0v) is 10.9. The molecule has 0 aliphatic rings. The van der Waals surface area contributed by atoms with Gasteiger partial charge in [-0.2, -0.15) is 4.68 Å². The Morgan fingerprint density at radius 2 is 2.30 bits per heavy atom. The molecular weight excluding hydrogens is 264 g/mol. The molecule has 0 fully saturated rings. The van der Waals surface area contributed by atoms with Crippen molar-refractivity contribution in [3.05, 3.63) is 34.1 Å². The molecule has 0 atom stereocenters. The number of aryl methyl sites for hydroxylation is 1. The number of hydrogen-bond donors (Lipinski definition) is 1. The minimum atomic E-state index is -0.508. The molecule has 0 spiro atoms. The molecule has 0 aliphatic carbocycles. The van der Waals surface area contributed by atoms with Gasteiger partial charge in [-0.05, 0) is 35.5 Å². The van der Waals surface area contributed by atoms with Crippen LogP contribution in [-0.2, 0) is 6.42 Å². The molecule has 0 bridgehead atoms. The maximum Gasteiger partial charge on any atom is 0.313 e. The molecule has 0 aliphatic heterocycles. The summed E-state index contributed by atoms with van der Waals surface area (Å²) in [5.74, 6) is 0.797. The SMILES string of the molecule is COc1ccc(-n2nnnc2CCCN)cc1[N+](=O)[O-]. The van der Waals surface area contributed by atoms with E-state index < -0.39 is 4.92 Å². The van der Waals surface area contributed by atoms with Crippen LogP contribution in [-0.4, -0.2) is 38.8 Å². The lowest BCUT2D eigenvalue weighted by Gasteiger charge is -2.06. The van der Waals surface area contributed by atoms with Crippen LogP contribution in [0.3, 0.4) is 0 Å². The highest BCUT2D eigenvalue weighted by atomic mass is 16.6. The second-order valence-electron chi connectivity index (χ2n) is 4.01. The third-order valence-electron chi connectivity index (χ3n) is 2.74. The Hall–Kier alpha value is -2.55. The molecule has 2 rings (SSSR count). The molecule has 9 heteroatoms. The summed E-state index contributed by atoms with van der Waals surface area (Å²) in [4.78, 5) is 10.5. The highest BCUT2D eigenvalue weighted by Crippen LogP contribution is 2.28. The second-order valence-corrected chi connectivity index (χ2v) is 4.01. The third kappa shape index (κ3) is 2.72. The van der Waals surface area contributed by atoms with Crippen molar-refractivity contribution in [2.45, 2.75) is 12.8 Å². The van der Waals surface area contributed by atoms with E-state index in [1.54, 1.807) is 6.07 Å². The average Bonchev–Trinajstić information content (AvgIpc) is 2.92. The predicted molar refractivity (Wildman–Crippen MR) is 69.7 cm³/mol. The van der Waals surface area contributed by atoms with Crippen molar-refractivity contribution in [3.8, 4) is 11.4 Å². The Labute approximate surface area is 114 Å². The average molecular weight is 278 g/mol. The van der Waals surface area contributed by atoms with Crippen molar-refractivity contribution in [3.63, 3.8) is 0 Å². The first-order valence-electron chi connectivity index (χ1n) is 5.97. The maximum absolute atomic E-state index is 11.0. The van der Waals surface area contributed by atoms with Gasteiger partial charge in [-0.25, -0.2) is 0 Å². The minimum absolute atomic E-state index is 0.134. The van der Waals surface area contributed by atoms with E-state index in [1.807, 2.05) is 0 Å². The van der Waals surface area contributed by atoms with Gasteiger partial charge in [-0.15, -0.1) is 5.10 Å². The lowest BCUT2D eigenvalue weighted by molar-refractivity contribution is -0.385. The summed E-state index contributed by atoms with van der Waals surface area (Å²) in [6.45, 7) is 0.523. The smallest absolute Gasteiger partial charge is 0.313 e. The van der Waals surface area contributed by atoms with Crippen molar-refractivity contribution in [1.82, 2.24) is 20.2 Å². The number of aromatic nitrogens is 4. The van der Waals surface area contributed by atoms with Gasteiger partial charge in [0.25, 0.3) is 0 Å². The first-order chi connectivity index (χ1) is 9.67. The molecular formula is C11H14N6O3. The maximum atomic E-state index is 11.0. The Morgan fingerprint density at radius 1 is 1.50 bits per heavy atom. The molecule has 9 nitrogen and oxygen atoms in total. The first kappa shape index (κ1) is 13.9. The normalized spacial score (nSPS) is 10.5. The van der Waals surface area contributed by atoms with Gasteiger partial charge in [0, 0.05) is 12.5 Å². The Morgan fingerprint density at radius 3 is 2.95 bits per heavy atom. The quantitative estimate of drug-likeness (QED) is 0.601. The van der Waals surface area contributed by atoms with E-state index >= 15 is 0 Å². The number of nitro benzene ring substituents is 1. The molecule has 0 unspecified atom stereocenters. The summed E-state index contributed by atoms with van der Waals surface area (Å²) in [6.07, 6.45) is 1.34. The fraction of sp³-hybridized carbons (Fsp3) is 0.364. The van der Waals surface area contributed by atoms with Crippen molar-refractivity contribution in [1.29, 1.82) is 0 Å². The Bertz CT molecular complexity index is 612. The zero-order valence-electron chi connectivity index (χ0n) is 10.9. The molecule has 0 saturated heterocycles. The number of nitrogens with zero attached hydrogens (tertiary/aromatic N) is 5. The number of benzene rings is 1. The number of nitrogens with two attached hydrogens (primary N) is 1. The van der Waals surface area contributed by atoms with E-state index in [0.29, 0.717) is 24.5 Å². The van der Waals surface area contributed by atoms with Crippen molar-refractivity contribution in [2.75, 3.05) is 13.7 Å². The fourth-order valence-electron chi connectivity index (χ4n) is 1.78. The summed E-state index contributed by atoms with van der Waals surface area (Å²) in [5.41, 5.74) is 5.83. The highest BCUT2D eigenvalue weighted by Gasteiger charge is 2.17. The lowest BCUT2D eigenvalue weighted by atomic mass is 10.2.